The molecule has 0 spiro atoms. The smallest absolute Gasteiger partial charge is 0.328 e. The van der Waals surface area contributed by atoms with Crippen molar-refractivity contribution >= 4 is 23.8 Å². The van der Waals surface area contributed by atoms with E-state index in [-0.39, 0.29) is 5.82 Å². The summed E-state index contributed by atoms with van der Waals surface area (Å²) < 4.78 is 13.9. The van der Waals surface area contributed by atoms with Crippen LogP contribution in [-0.4, -0.2) is 11.1 Å². The summed E-state index contributed by atoms with van der Waals surface area (Å²) >= 11 is 1.56. The first-order chi connectivity index (χ1) is 9.65. The molecule has 0 heterocycles. The molecule has 2 nitrogen and oxygen atoms in total. The molecule has 2 aromatic rings. The van der Waals surface area contributed by atoms with Crippen LogP contribution in [0, 0.1) is 5.82 Å². The lowest BCUT2D eigenvalue weighted by atomic mass is 10.1. The number of carbonyl (C=O) groups is 1. The maximum Gasteiger partial charge on any atom is 0.328 e. The molecule has 0 saturated carbocycles. The summed E-state index contributed by atoms with van der Waals surface area (Å²) in [5.41, 5.74) is 1.14. The minimum atomic E-state index is -1.05. The van der Waals surface area contributed by atoms with Gasteiger partial charge in [0.05, 0.1) is 0 Å². The second-order valence-electron chi connectivity index (χ2n) is 4.12. The second kappa shape index (κ2) is 6.91. The lowest BCUT2D eigenvalue weighted by molar-refractivity contribution is -0.131. The molecule has 4 heteroatoms. The largest absolute Gasteiger partial charge is 0.478 e. The molecular formula is C16H13FO2S. The molecule has 1 N–H and O–H groups in total. The van der Waals surface area contributed by atoms with Crippen LogP contribution in [0.5, 0.6) is 0 Å². The Balaban J connectivity index is 2.04. The van der Waals surface area contributed by atoms with Gasteiger partial charge in [-0.15, -0.1) is 11.8 Å². The predicted octanol–water partition coefficient (Wildman–Crippen LogP) is 4.22. The number of aliphatic carboxylic acids is 1. The Kier molecular flexibility index (Phi) is 4.96. The Morgan fingerprint density at radius 3 is 2.60 bits per heavy atom. The molecule has 2 aromatic carbocycles. The van der Waals surface area contributed by atoms with Crippen LogP contribution in [0.1, 0.15) is 11.1 Å². The van der Waals surface area contributed by atoms with Gasteiger partial charge in [0.2, 0.25) is 0 Å². The van der Waals surface area contributed by atoms with Gasteiger partial charge in [0, 0.05) is 16.7 Å². The molecule has 0 atom stereocenters. The summed E-state index contributed by atoms with van der Waals surface area (Å²) in [4.78, 5) is 11.5. The van der Waals surface area contributed by atoms with Crippen molar-refractivity contribution in [2.45, 2.75) is 10.6 Å². The molecule has 0 saturated heterocycles. The van der Waals surface area contributed by atoms with Gasteiger partial charge in [-0.2, -0.15) is 0 Å². The Morgan fingerprint density at radius 2 is 1.95 bits per heavy atom. The molecule has 0 aliphatic rings. The Morgan fingerprint density at radius 1 is 1.20 bits per heavy atom. The summed E-state index contributed by atoms with van der Waals surface area (Å²) in [5, 5.41) is 8.53. The number of thioether (sulfide) groups is 1. The molecule has 0 bridgehead atoms. The van der Waals surface area contributed by atoms with E-state index in [1.165, 1.54) is 12.1 Å². The summed E-state index contributed by atoms with van der Waals surface area (Å²) in [6, 6.07) is 14.5. The summed E-state index contributed by atoms with van der Waals surface area (Å²) in [5.74, 6) is -0.825. The van der Waals surface area contributed by atoms with Crippen molar-refractivity contribution in [1.29, 1.82) is 0 Å². The van der Waals surface area contributed by atoms with E-state index < -0.39 is 5.97 Å². The van der Waals surface area contributed by atoms with Crippen molar-refractivity contribution in [3.63, 3.8) is 0 Å². The van der Waals surface area contributed by atoms with Gasteiger partial charge in [0.1, 0.15) is 5.82 Å². The van der Waals surface area contributed by atoms with Gasteiger partial charge in [0.25, 0.3) is 0 Å². The average molecular weight is 288 g/mol. The van der Waals surface area contributed by atoms with Crippen LogP contribution in [0.15, 0.2) is 59.5 Å². The van der Waals surface area contributed by atoms with Crippen LogP contribution in [-0.2, 0) is 10.5 Å². The number of carboxylic acid groups (broad SMARTS) is 1. The van der Waals surface area contributed by atoms with E-state index in [1.54, 1.807) is 23.9 Å². The molecule has 2 rings (SSSR count). The third-order valence-electron chi connectivity index (χ3n) is 2.63. The zero-order chi connectivity index (χ0) is 14.4. The zero-order valence-corrected chi connectivity index (χ0v) is 11.4. The first kappa shape index (κ1) is 14.3. The van der Waals surface area contributed by atoms with E-state index >= 15 is 0 Å². The topological polar surface area (TPSA) is 37.3 Å². The number of hydrogen-bond acceptors (Lipinski definition) is 2. The van der Waals surface area contributed by atoms with E-state index in [1.807, 2.05) is 30.3 Å². The lowest BCUT2D eigenvalue weighted by Gasteiger charge is -2.04. The van der Waals surface area contributed by atoms with Crippen molar-refractivity contribution < 1.29 is 14.3 Å². The minimum absolute atomic E-state index is 0.319. The van der Waals surface area contributed by atoms with Crippen LogP contribution < -0.4 is 0 Å². The van der Waals surface area contributed by atoms with Crippen molar-refractivity contribution in [2.24, 2.45) is 0 Å². The van der Waals surface area contributed by atoms with Crippen LogP contribution in [0.25, 0.3) is 6.08 Å². The minimum Gasteiger partial charge on any atom is -0.478 e. The number of rotatable bonds is 5. The van der Waals surface area contributed by atoms with Gasteiger partial charge in [0.15, 0.2) is 0 Å². The summed E-state index contributed by atoms with van der Waals surface area (Å²) in [6.45, 7) is 0. The fourth-order valence-electron chi connectivity index (χ4n) is 1.63. The van der Waals surface area contributed by atoms with Gasteiger partial charge >= 0.3 is 5.97 Å². The van der Waals surface area contributed by atoms with Crippen molar-refractivity contribution in [3.8, 4) is 0 Å². The summed E-state index contributed by atoms with van der Waals surface area (Å²) in [7, 11) is 0. The molecule has 0 fully saturated rings. The number of benzene rings is 2. The quantitative estimate of drug-likeness (QED) is 0.661. The summed E-state index contributed by atoms with van der Waals surface area (Å²) in [6.07, 6.45) is 2.37. The monoisotopic (exact) mass is 288 g/mol. The highest BCUT2D eigenvalue weighted by Crippen LogP contribution is 2.24. The Hall–Kier alpha value is -2.07. The molecular weight excluding hydrogens is 275 g/mol. The Labute approximate surface area is 121 Å². The van der Waals surface area contributed by atoms with Gasteiger partial charge in [-0.25, -0.2) is 9.18 Å². The molecule has 0 radical (unpaired) electrons. The molecule has 0 aliphatic carbocycles. The molecule has 20 heavy (non-hydrogen) atoms. The third kappa shape index (κ3) is 4.24. The van der Waals surface area contributed by atoms with Gasteiger partial charge in [-0.3, -0.25) is 0 Å². The highest BCUT2D eigenvalue weighted by Gasteiger charge is 2.04. The van der Waals surface area contributed by atoms with Crippen molar-refractivity contribution in [2.75, 3.05) is 0 Å². The number of halogens is 1. The second-order valence-corrected chi connectivity index (χ2v) is 5.17. The van der Waals surface area contributed by atoms with Crippen molar-refractivity contribution in [3.05, 3.63) is 71.6 Å². The fourth-order valence-corrected chi connectivity index (χ4v) is 2.54. The SMILES string of the molecule is O=C(O)C=Cc1ccc(CSc2ccccc2)c(F)c1. The van der Waals surface area contributed by atoms with E-state index in [0.29, 0.717) is 16.9 Å². The van der Waals surface area contributed by atoms with Gasteiger partial charge in [-0.1, -0.05) is 30.3 Å². The van der Waals surface area contributed by atoms with E-state index in [0.717, 1.165) is 11.0 Å². The maximum absolute atomic E-state index is 13.9. The standard InChI is InChI=1S/C16H13FO2S/c17-15-10-12(7-9-16(18)19)6-8-13(15)11-20-14-4-2-1-3-5-14/h1-10H,11H2,(H,18,19). The van der Waals surface area contributed by atoms with Crippen LogP contribution in [0.2, 0.25) is 0 Å². The predicted molar refractivity (Wildman–Crippen MR) is 79.1 cm³/mol. The first-order valence-corrected chi connectivity index (χ1v) is 7.01. The number of hydrogen-bond donors (Lipinski definition) is 1. The normalized spacial score (nSPS) is 10.8. The molecule has 0 amide bonds. The van der Waals surface area contributed by atoms with Gasteiger partial charge < -0.3 is 5.11 Å². The van der Waals surface area contributed by atoms with E-state index in [9.17, 15) is 9.18 Å². The fraction of sp³-hybridized carbons (Fsp3) is 0.0625. The molecule has 0 aromatic heterocycles. The van der Waals surface area contributed by atoms with Crippen LogP contribution >= 0.6 is 11.8 Å². The van der Waals surface area contributed by atoms with Gasteiger partial charge in [-0.05, 0) is 35.4 Å². The van der Waals surface area contributed by atoms with Crippen LogP contribution in [0.3, 0.4) is 0 Å². The third-order valence-corrected chi connectivity index (χ3v) is 3.69. The molecule has 0 unspecified atom stereocenters. The lowest BCUT2D eigenvalue weighted by Crippen LogP contribution is -1.90. The highest BCUT2D eigenvalue weighted by molar-refractivity contribution is 7.98. The first-order valence-electron chi connectivity index (χ1n) is 6.02. The average Bonchev–Trinajstić information content (AvgIpc) is 2.45. The molecule has 0 aliphatic heterocycles. The van der Waals surface area contributed by atoms with E-state index in [2.05, 4.69) is 0 Å². The van der Waals surface area contributed by atoms with E-state index in [4.69, 9.17) is 5.11 Å². The highest BCUT2D eigenvalue weighted by atomic mass is 32.2. The number of carboxylic acids is 1. The van der Waals surface area contributed by atoms with Crippen LogP contribution in [0.4, 0.5) is 4.39 Å². The van der Waals surface area contributed by atoms with Crippen molar-refractivity contribution in [1.82, 2.24) is 0 Å². The zero-order valence-electron chi connectivity index (χ0n) is 10.6. The maximum atomic E-state index is 13.9. The molecule has 102 valence electrons. The Bertz CT molecular complexity index is 624.